The van der Waals surface area contributed by atoms with Crippen LogP contribution in [0.1, 0.15) is 0 Å². The summed E-state index contributed by atoms with van der Waals surface area (Å²) in [5.41, 5.74) is 11.0. The van der Waals surface area contributed by atoms with E-state index >= 15 is 0 Å². The van der Waals surface area contributed by atoms with Crippen LogP contribution < -0.4 is 0 Å². The van der Waals surface area contributed by atoms with Gasteiger partial charge in [-0.3, -0.25) is 0 Å². The quantitative estimate of drug-likeness (QED) is 0.198. The molecule has 0 unspecified atom stereocenters. The molecule has 0 atom stereocenters. The third kappa shape index (κ3) is 4.32. The monoisotopic (exact) mass is 571 g/mol. The van der Waals surface area contributed by atoms with Crippen molar-refractivity contribution in [3.63, 3.8) is 0 Å². The molecule has 9 rings (SSSR count). The van der Waals surface area contributed by atoms with Gasteiger partial charge >= 0.3 is 0 Å². The lowest BCUT2D eigenvalue weighted by Crippen LogP contribution is -1.94. The Hall–Kier alpha value is -5.92. The Morgan fingerprint density at radius 1 is 0.289 bits per heavy atom. The van der Waals surface area contributed by atoms with Gasteiger partial charge in [-0.25, -0.2) is 0 Å². The molecule has 0 bridgehead atoms. The normalized spacial score (nSPS) is 11.6. The molecular weight excluding hydrogens is 542 g/mol. The third-order valence-electron chi connectivity index (χ3n) is 9.20. The van der Waals surface area contributed by atoms with Gasteiger partial charge in [0.05, 0.1) is 11.0 Å². The summed E-state index contributed by atoms with van der Waals surface area (Å²) < 4.78 is 2.41. The zero-order chi connectivity index (χ0) is 29.7. The standard InChI is InChI=1S/C44H29N/c1-2-10-35-28-36(21-18-30(35)8-1)32-22-25-38(26-23-32)45-43-15-6-5-13-41(43)42-27-24-37(29-44(42)45)31-16-19-34(20-17-31)40-14-7-11-33-9-3-4-12-39(33)40/h1-29H. The van der Waals surface area contributed by atoms with Gasteiger partial charge in [-0.1, -0.05) is 146 Å². The molecule has 9 aromatic rings. The number of para-hydroxylation sites is 1. The van der Waals surface area contributed by atoms with Crippen LogP contribution in [-0.4, -0.2) is 4.57 Å². The second-order valence-electron chi connectivity index (χ2n) is 11.8. The number of benzene rings is 8. The smallest absolute Gasteiger partial charge is 0.0547 e. The highest BCUT2D eigenvalue weighted by molar-refractivity contribution is 6.10. The first-order valence-corrected chi connectivity index (χ1v) is 15.5. The predicted octanol–water partition coefficient (Wildman–Crippen LogP) is 12.1. The molecule has 0 fully saturated rings. The average molecular weight is 572 g/mol. The van der Waals surface area contributed by atoms with Crippen LogP contribution in [0.5, 0.6) is 0 Å². The van der Waals surface area contributed by atoms with Crippen molar-refractivity contribution >= 4 is 43.4 Å². The van der Waals surface area contributed by atoms with E-state index in [9.17, 15) is 0 Å². The van der Waals surface area contributed by atoms with E-state index in [0.29, 0.717) is 0 Å². The Kier molecular flexibility index (Phi) is 5.89. The molecule has 0 aliphatic rings. The molecule has 1 heteroatoms. The van der Waals surface area contributed by atoms with Crippen LogP contribution in [0.4, 0.5) is 0 Å². The molecule has 0 saturated carbocycles. The summed E-state index contributed by atoms with van der Waals surface area (Å²) in [6, 6.07) is 64.0. The number of hydrogen-bond acceptors (Lipinski definition) is 0. The van der Waals surface area contributed by atoms with Gasteiger partial charge in [0, 0.05) is 16.5 Å². The van der Waals surface area contributed by atoms with Gasteiger partial charge in [-0.15, -0.1) is 0 Å². The van der Waals surface area contributed by atoms with Gasteiger partial charge in [0.25, 0.3) is 0 Å². The molecule has 8 aromatic carbocycles. The van der Waals surface area contributed by atoms with Crippen molar-refractivity contribution in [2.24, 2.45) is 0 Å². The van der Waals surface area contributed by atoms with E-state index in [1.165, 1.54) is 76.7 Å². The highest BCUT2D eigenvalue weighted by atomic mass is 15.0. The van der Waals surface area contributed by atoms with E-state index in [4.69, 9.17) is 0 Å². The Morgan fingerprint density at radius 3 is 1.67 bits per heavy atom. The highest BCUT2D eigenvalue weighted by Gasteiger charge is 2.14. The molecule has 0 aliphatic carbocycles. The summed E-state index contributed by atoms with van der Waals surface area (Å²) in [5.74, 6) is 0. The van der Waals surface area contributed by atoms with Gasteiger partial charge in [0.15, 0.2) is 0 Å². The first-order chi connectivity index (χ1) is 22.3. The molecule has 0 radical (unpaired) electrons. The van der Waals surface area contributed by atoms with Crippen molar-refractivity contribution in [2.45, 2.75) is 0 Å². The fourth-order valence-electron chi connectivity index (χ4n) is 6.92. The molecule has 1 nitrogen and oxygen atoms in total. The van der Waals surface area contributed by atoms with Crippen LogP contribution in [0.3, 0.4) is 0 Å². The highest BCUT2D eigenvalue weighted by Crippen LogP contribution is 2.36. The number of fused-ring (bicyclic) bond motifs is 5. The van der Waals surface area contributed by atoms with Gasteiger partial charge in [0.1, 0.15) is 0 Å². The fraction of sp³-hybridized carbons (Fsp3) is 0. The zero-order valence-electron chi connectivity index (χ0n) is 24.7. The molecule has 0 aliphatic heterocycles. The van der Waals surface area contributed by atoms with Crippen LogP contribution in [-0.2, 0) is 0 Å². The van der Waals surface area contributed by atoms with Gasteiger partial charge < -0.3 is 4.57 Å². The van der Waals surface area contributed by atoms with Crippen LogP contribution >= 0.6 is 0 Å². The molecule has 0 amide bonds. The second kappa shape index (κ2) is 10.4. The van der Waals surface area contributed by atoms with Crippen LogP contribution in [0, 0.1) is 0 Å². The summed E-state index contributed by atoms with van der Waals surface area (Å²) >= 11 is 0. The van der Waals surface area contributed by atoms with Gasteiger partial charge in [-0.05, 0) is 85.3 Å². The summed E-state index contributed by atoms with van der Waals surface area (Å²) in [5, 5.41) is 7.61. The minimum absolute atomic E-state index is 1.16. The van der Waals surface area contributed by atoms with Crippen molar-refractivity contribution in [3.05, 3.63) is 176 Å². The fourth-order valence-corrected chi connectivity index (χ4v) is 6.92. The van der Waals surface area contributed by atoms with E-state index in [0.717, 1.165) is 5.69 Å². The summed E-state index contributed by atoms with van der Waals surface area (Å²) in [4.78, 5) is 0. The largest absolute Gasteiger partial charge is 0.309 e. The van der Waals surface area contributed by atoms with Crippen molar-refractivity contribution in [3.8, 4) is 39.1 Å². The lowest BCUT2D eigenvalue weighted by atomic mass is 9.96. The van der Waals surface area contributed by atoms with E-state index < -0.39 is 0 Å². The molecule has 0 spiro atoms. The maximum absolute atomic E-state index is 2.41. The van der Waals surface area contributed by atoms with Crippen LogP contribution in [0.25, 0.3) is 82.4 Å². The molecule has 1 aromatic heterocycles. The van der Waals surface area contributed by atoms with Crippen LogP contribution in [0.15, 0.2) is 176 Å². The second-order valence-corrected chi connectivity index (χ2v) is 11.8. The molecule has 1 heterocycles. The molecular formula is C44H29N. The summed E-state index contributed by atoms with van der Waals surface area (Å²) in [6.07, 6.45) is 0. The first-order valence-electron chi connectivity index (χ1n) is 15.5. The van der Waals surface area contributed by atoms with E-state index in [-0.39, 0.29) is 0 Å². The summed E-state index contributed by atoms with van der Waals surface area (Å²) in [6.45, 7) is 0. The van der Waals surface area contributed by atoms with Gasteiger partial charge in [0.2, 0.25) is 0 Å². The zero-order valence-corrected chi connectivity index (χ0v) is 24.7. The SMILES string of the molecule is c1ccc2cc(-c3ccc(-n4c5ccccc5c5ccc(-c6ccc(-c7cccc8ccccc78)cc6)cc54)cc3)ccc2c1. The molecule has 210 valence electrons. The number of hydrogen-bond donors (Lipinski definition) is 0. The maximum Gasteiger partial charge on any atom is 0.0547 e. The third-order valence-corrected chi connectivity index (χ3v) is 9.20. The van der Waals surface area contributed by atoms with E-state index in [1.807, 2.05) is 0 Å². The number of aromatic nitrogens is 1. The lowest BCUT2D eigenvalue weighted by molar-refractivity contribution is 1.18. The Bertz CT molecular complexity index is 2510. The van der Waals surface area contributed by atoms with Crippen molar-refractivity contribution in [1.29, 1.82) is 0 Å². The predicted molar refractivity (Wildman–Crippen MR) is 192 cm³/mol. The van der Waals surface area contributed by atoms with Crippen molar-refractivity contribution in [1.82, 2.24) is 4.57 Å². The number of rotatable bonds is 4. The van der Waals surface area contributed by atoms with Crippen LogP contribution in [0.2, 0.25) is 0 Å². The first kappa shape index (κ1) is 25.6. The van der Waals surface area contributed by atoms with Gasteiger partial charge in [-0.2, -0.15) is 0 Å². The topological polar surface area (TPSA) is 4.93 Å². The minimum atomic E-state index is 1.16. The maximum atomic E-state index is 2.41. The Labute approximate surface area is 262 Å². The van der Waals surface area contributed by atoms with Crippen molar-refractivity contribution in [2.75, 3.05) is 0 Å². The average Bonchev–Trinajstić information content (AvgIpc) is 3.45. The molecule has 45 heavy (non-hydrogen) atoms. The van der Waals surface area contributed by atoms with E-state index in [1.54, 1.807) is 0 Å². The minimum Gasteiger partial charge on any atom is -0.309 e. The number of nitrogens with zero attached hydrogens (tertiary/aromatic N) is 1. The van der Waals surface area contributed by atoms with E-state index in [2.05, 4.69) is 180 Å². The van der Waals surface area contributed by atoms with Crippen molar-refractivity contribution < 1.29 is 0 Å². The Morgan fingerprint density at radius 2 is 0.844 bits per heavy atom. The molecule has 0 saturated heterocycles. The Balaban J connectivity index is 1.13. The molecule has 0 N–H and O–H groups in total. The lowest BCUT2D eigenvalue weighted by Gasteiger charge is -2.11. The summed E-state index contributed by atoms with van der Waals surface area (Å²) in [7, 11) is 0.